The first-order valence-electron chi connectivity index (χ1n) is 6.78. The van der Waals surface area contributed by atoms with Crippen molar-refractivity contribution in [1.29, 1.82) is 0 Å². The number of hydrogen-bond acceptors (Lipinski definition) is 1. The van der Waals surface area contributed by atoms with E-state index in [2.05, 4.69) is 10.2 Å². The second-order valence-electron chi connectivity index (χ2n) is 4.77. The molecule has 1 heterocycles. The largest absolute Gasteiger partial charge is 0.281 e. The van der Waals surface area contributed by atoms with Gasteiger partial charge in [0.1, 0.15) is 5.69 Å². The molecular formula is C17H14F2N2. The van der Waals surface area contributed by atoms with Crippen LogP contribution in [0.1, 0.15) is 12.6 Å². The fraction of sp³-hybridized carbons (Fsp3) is 0.118. The molecule has 2 aromatic carbocycles. The van der Waals surface area contributed by atoms with Gasteiger partial charge in [-0.2, -0.15) is 5.10 Å². The minimum atomic E-state index is -0.868. The molecule has 0 saturated heterocycles. The summed E-state index contributed by atoms with van der Waals surface area (Å²) in [4.78, 5) is 0. The molecule has 4 heteroatoms. The molecule has 0 unspecified atom stereocenters. The molecule has 0 aliphatic carbocycles. The highest BCUT2D eigenvalue weighted by atomic mass is 19.2. The molecule has 1 N–H and O–H groups in total. The van der Waals surface area contributed by atoms with E-state index >= 15 is 0 Å². The van der Waals surface area contributed by atoms with Crippen molar-refractivity contribution in [3.63, 3.8) is 0 Å². The van der Waals surface area contributed by atoms with Crippen LogP contribution in [0.4, 0.5) is 8.78 Å². The third kappa shape index (κ3) is 2.44. The Morgan fingerprint density at radius 2 is 1.71 bits per heavy atom. The molecule has 0 saturated carbocycles. The predicted molar refractivity (Wildman–Crippen MR) is 78.8 cm³/mol. The first-order valence-corrected chi connectivity index (χ1v) is 6.78. The van der Waals surface area contributed by atoms with Gasteiger partial charge in [-0.3, -0.25) is 5.10 Å². The van der Waals surface area contributed by atoms with Gasteiger partial charge in [0.05, 0.1) is 0 Å². The SMILES string of the molecule is CCc1[nH]nc(-c2ccc(F)c(F)c2)c1-c1ccccc1. The van der Waals surface area contributed by atoms with Crippen LogP contribution < -0.4 is 0 Å². The Hall–Kier alpha value is -2.49. The maximum absolute atomic E-state index is 13.5. The van der Waals surface area contributed by atoms with E-state index in [1.807, 2.05) is 37.3 Å². The average molecular weight is 284 g/mol. The summed E-state index contributed by atoms with van der Waals surface area (Å²) in [6.45, 7) is 2.02. The zero-order valence-corrected chi connectivity index (χ0v) is 11.5. The van der Waals surface area contributed by atoms with E-state index in [9.17, 15) is 8.78 Å². The number of nitrogens with zero attached hydrogens (tertiary/aromatic N) is 1. The van der Waals surface area contributed by atoms with Crippen molar-refractivity contribution in [3.05, 3.63) is 65.9 Å². The van der Waals surface area contributed by atoms with E-state index in [1.165, 1.54) is 6.07 Å². The summed E-state index contributed by atoms with van der Waals surface area (Å²) in [5.41, 5.74) is 4.11. The van der Waals surface area contributed by atoms with E-state index < -0.39 is 11.6 Å². The molecular weight excluding hydrogens is 270 g/mol. The molecule has 3 aromatic rings. The van der Waals surface area contributed by atoms with Gasteiger partial charge in [0.25, 0.3) is 0 Å². The minimum absolute atomic E-state index is 0.559. The van der Waals surface area contributed by atoms with E-state index in [0.717, 1.165) is 29.3 Å². The van der Waals surface area contributed by atoms with Crippen molar-refractivity contribution in [2.75, 3.05) is 0 Å². The highest BCUT2D eigenvalue weighted by Gasteiger charge is 2.16. The summed E-state index contributed by atoms with van der Waals surface area (Å²) in [6, 6.07) is 13.6. The van der Waals surface area contributed by atoms with Crippen LogP contribution in [-0.4, -0.2) is 10.2 Å². The van der Waals surface area contributed by atoms with E-state index in [1.54, 1.807) is 6.07 Å². The number of aryl methyl sites for hydroxylation is 1. The number of hydrogen-bond donors (Lipinski definition) is 1. The lowest BCUT2D eigenvalue weighted by atomic mass is 9.98. The molecule has 0 bridgehead atoms. The van der Waals surface area contributed by atoms with Gasteiger partial charge in [-0.15, -0.1) is 0 Å². The molecule has 0 aliphatic rings. The number of H-pyrrole nitrogens is 1. The zero-order valence-electron chi connectivity index (χ0n) is 11.5. The van der Waals surface area contributed by atoms with E-state index in [-0.39, 0.29) is 0 Å². The Labute approximate surface area is 121 Å². The quantitative estimate of drug-likeness (QED) is 0.749. The van der Waals surface area contributed by atoms with Crippen molar-refractivity contribution in [1.82, 2.24) is 10.2 Å². The van der Waals surface area contributed by atoms with Gasteiger partial charge in [-0.25, -0.2) is 8.78 Å². The van der Waals surface area contributed by atoms with Crippen LogP contribution in [0, 0.1) is 11.6 Å². The molecule has 1 aromatic heterocycles. The van der Waals surface area contributed by atoms with Crippen LogP contribution in [0.15, 0.2) is 48.5 Å². The summed E-state index contributed by atoms with van der Waals surface area (Å²) in [6.07, 6.45) is 0.779. The van der Waals surface area contributed by atoms with Crippen molar-refractivity contribution in [2.24, 2.45) is 0 Å². The van der Waals surface area contributed by atoms with E-state index in [4.69, 9.17) is 0 Å². The van der Waals surface area contributed by atoms with Gasteiger partial charge in [-0.1, -0.05) is 37.3 Å². The fourth-order valence-electron chi connectivity index (χ4n) is 2.40. The zero-order chi connectivity index (χ0) is 14.8. The lowest BCUT2D eigenvalue weighted by Crippen LogP contribution is -1.89. The summed E-state index contributed by atoms with van der Waals surface area (Å²) in [7, 11) is 0. The molecule has 0 radical (unpaired) electrons. The third-order valence-electron chi connectivity index (χ3n) is 3.45. The Bertz CT molecular complexity index is 764. The summed E-state index contributed by atoms with van der Waals surface area (Å²) >= 11 is 0. The van der Waals surface area contributed by atoms with Crippen molar-refractivity contribution in [3.8, 4) is 22.4 Å². The van der Waals surface area contributed by atoms with Crippen LogP contribution in [-0.2, 0) is 6.42 Å². The standard InChI is InChI=1S/C17H14F2N2/c1-2-15-16(11-6-4-3-5-7-11)17(21-20-15)12-8-9-13(18)14(19)10-12/h3-10H,2H2,1H3,(H,20,21). The van der Waals surface area contributed by atoms with Crippen LogP contribution in [0.3, 0.4) is 0 Å². The van der Waals surface area contributed by atoms with Crippen molar-refractivity contribution in [2.45, 2.75) is 13.3 Å². The Balaban J connectivity index is 2.20. The van der Waals surface area contributed by atoms with Crippen LogP contribution in [0.25, 0.3) is 22.4 Å². The number of rotatable bonds is 3. The molecule has 3 rings (SSSR count). The van der Waals surface area contributed by atoms with Gasteiger partial charge in [0.15, 0.2) is 11.6 Å². The van der Waals surface area contributed by atoms with Crippen molar-refractivity contribution < 1.29 is 8.78 Å². The topological polar surface area (TPSA) is 28.7 Å². The lowest BCUT2D eigenvalue weighted by molar-refractivity contribution is 0.509. The highest BCUT2D eigenvalue weighted by Crippen LogP contribution is 2.33. The second-order valence-corrected chi connectivity index (χ2v) is 4.77. The van der Waals surface area contributed by atoms with Gasteiger partial charge >= 0.3 is 0 Å². The maximum Gasteiger partial charge on any atom is 0.159 e. The number of aromatic nitrogens is 2. The molecule has 0 aliphatic heterocycles. The average Bonchev–Trinajstić information content (AvgIpc) is 2.95. The van der Waals surface area contributed by atoms with Gasteiger partial charge in [0.2, 0.25) is 0 Å². The highest BCUT2D eigenvalue weighted by molar-refractivity contribution is 5.82. The predicted octanol–water partition coefficient (Wildman–Crippen LogP) is 4.58. The van der Waals surface area contributed by atoms with Crippen LogP contribution in [0.2, 0.25) is 0 Å². The Kier molecular flexibility index (Phi) is 3.52. The lowest BCUT2D eigenvalue weighted by Gasteiger charge is -2.06. The molecule has 0 spiro atoms. The fourth-order valence-corrected chi connectivity index (χ4v) is 2.40. The molecule has 0 atom stereocenters. The maximum atomic E-state index is 13.5. The Morgan fingerprint density at radius 3 is 2.38 bits per heavy atom. The molecule has 0 fully saturated rings. The first-order chi connectivity index (χ1) is 10.2. The summed E-state index contributed by atoms with van der Waals surface area (Å²) in [5, 5.41) is 7.28. The van der Waals surface area contributed by atoms with Crippen molar-refractivity contribution >= 4 is 0 Å². The molecule has 21 heavy (non-hydrogen) atoms. The smallest absolute Gasteiger partial charge is 0.159 e. The van der Waals surface area contributed by atoms with Crippen LogP contribution in [0.5, 0.6) is 0 Å². The molecule has 106 valence electrons. The van der Waals surface area contributed by atoms with E-state index in [0.29, 0.717) is 11.3 Å². The summed E-state index contributed by atoms with van der Waals surface area (Å²) in [5.74, 6) is -1.72. The third-order valence-corrected chi connectivity index (χ3v) is 3.45. The normalized spacial score (nSPS) is 10.8. The van der Waals surface area contributed by atoms with Gasteiger partial charge in [0, 0.05) is 16.8 Å². The van der Waals surface area contributed by atoms with Gasteiger partial charge in [-0.05, 0) is 30.2 Å². The Morgan fingerprint density at radius 1 is 0.952 bits per heavy atom. The van der Waals surface area contributed by atoms with Crippen LogP contribution >= 0.6 is 0 Å². The summed E-state index contributed by atoms with van der Waals surface area (Å²) < 4.78 is 26.6. The number of halogens is 2. The second kappa shape index (κ2) is 5.48. The number of aromatic amines is 1. The minimum Gasteiger partial charge on any atom is -0.281 e. The molecule has 2 nitrogen and oxygen atoms in total. The first kappa shape index (κ1) is 13.5. The number of nitrogens with one attached hydrogen (secondary N) is 1. The monoisotopic (exact) mass is 284 g/mol. The number of benzene rings is 2. The van der Waals surface area contributed by atoms with Gasteiger partial charge < -0.3 is 0 Å². The molecule has 0 amide bonds.